The molecule has 0 N–H and O–H groups in total. The monoisotopic (exact) mass is 358 g/mol. The molecule has 1 aromatic heterocycles. The van der Waals surface area contributed by atoms with E-state index < -0.39 is 10.9 Å². The minimum absolute atomic E-state index is 0.136. The number of carbonyl (C=O) groups excluding carboxylic acids is 1. The largest absolute Gasteiger partial charge is 0.462 e. The Morgan fingerprint density at radius 1 is 1.56 bits per heavy atom. The summed E-state index contributed by atoms with van der Waals surface area (Å²) in [7, 11) is 1.79. The van der Waals surface area contributed by atoms with Gasteiger partial charge in [0, 0.05) is 25.5 Å². The van der Waals surface area contributed by atoms with E-state index in [0.29, 0.717) is 15.6 Å². The van der Waals surface area contributed by atoms with Gasteiger partial charge in [0.15, 0.2) is 5.16 Å². The smallest absolute Gasteiger partial charge is 0.348 e. The predicted octanol–water partition coefficient (Wildman–Crippen LogP) is 2.95. The van der Waals surface area contributed by atoms with E-state index in [1.807, 2.05) is 0 Å². The quantitative estimate of drug-likeness (QED) is 0.256. The zero-order chi connectivity index (χ0) is 18.4. The lowest BCUT2D eigenvalue weighted by Crippen LogP contribution is -2.06. The van der Waals surface area contributed by atoms with Crippen LogP contribution in [-0.2, 0) is 16.6 Å². The normalized spacial score (nSPS) is 11.0. The van der Waals surface area contributed by atoms with E-state index in [-0.39, 0.29) is 17.9 Å². The van der Waals surface area contributed by atoms with Crippen LogP contribution in [0.15, 0.2) is 46.2 Å². The molecule has 0 aliphatic rings. The first kappa shape index (κ1) is 18.2. The number of nitro benzene ring substituents is 1. The van der Waals surface area contributed by atoms with Crippen LogP contribution in [0.3, 0.4) is 0 Å². The molecule has 0 radical (unpaired) electrons. The van der Waals surface area contributed by atoms with Crippen molar-refractivity contribution in [3.63, 3.8) is 0 Å². The topological polar surface area (TPSA) is 111 Å². The average Bonchev–Trinajstić information content (AvgIpc) is 2.98. The number of rotatable bonds is 6. The van der Waals surface area contributed by atoms with Crippen molar-refractivity contribution >= 4 is 29.5 Å². The molecule has 0 fully saturated rings. The van der Waals surface area contributed by atoms with E-state index >= 15 is 0 Å². The Hall–Kier alpha value is -3.12. The summed E-state index contributed by atoms with van der Waals surface area (Å²) in [4.78, 5) is 27.0. The lowest BCUT2D eigenvalue weighted by Gasteiger charge is -2.05. The number of esters is 1. The minimum atomic E-state index is -0.765. The van der Waals surface area contributed by atoms with Crippen LogP contribution in [0.5, 0.6) is 0 Å². The SMILES string of the molecule is CCOC(=O)/C(C#N)=C/c1ccc(Sc2nccn2C)c([N+](=O)[O-])c1. The molecular weight excluding hydrogens is 344 g/mol. The van der Waals surface area contributed by atoms with E-state index in [1.54, 1.807) is 49.1 Å². The molecule has 0 bridgehead atoms. The molecule has 1 heterocycles. The van der Waals surface area contributed by atoms with Crippen molar-refractivity contribution in [3.8, 4) is 6.07 Å². The summed E-state index contributed by atoms with van der Waals surface area (Å²) >= 11 is 1.16. The van der Waals surface area contributed by atoms with Crippen molar-refractivity contribution in [2.24, 2.45) is 7.05 Å². The number of carbonyl (C=O) groups is 1. The molecule has 0 unspecified atom stereocenters. The van der Waals surface area contributed by atoms with E-state index in [0.717, 1.165) is 11.8 Å². The second-order valence-corrected chi connectivity index (χ2v) is 5.81. The molecule has 0 saturated heterocycles. The fourth-order valence-electron chi connectivity index (χ4n) is 1.91. The molecule has 2 rings (SSSR count). The Kier molecular flexibility index (Phi) is 5.92. The predicted molar refractivity (Wildman–Crippen MR) is 90.7 cm³/mol. The highest BCUT2D eigenvalue weighted by atomic mass is 32.2. The van der Waals surface area contributed by atoms with Gasteiger partial charge in [-0.2, -0.15) is 5.26 Å². The van der Waals surface area contributed by atoms with Crippen molar-refractivity contribution in [1.29, 1.82) is 5.26 Å². The summed E-state index contributed by atoms with van der Waals surface area (Å²) in [6, 6.07) is 6.20. The van der Waals surface area contributed by atoms with Crippen LogP contribution in [0, 0.1) is 21.4 Å². The summed E-state index contributed by atoms with van der Waals surface area (Å²) in [6.07, 6.45) is 4.60. The van der Waals surface area contributed by atoms with E-state index in [1.165, 1.54) is 12.1 Å². The number of ether oxygens (including phenoxy) is 1. The second-order valence-electron chi connectivity index (χ2n) is 4.80. The van der Waals surface area contributed by atoms with Crippen molar-refractivity contribution in [3.05, 3.63) is 51.8 Å². The van der Waals surface area contributed by atoms with E-state index in [4.69, 9.17) is 10.00 Å². The molecule has 0 aliphatic carbocycles. The number of hydrogen-bond acceptors (Lipinski definition) is 7. The average molecular weight is 358 g/mol. The first-order valence-electron chi connectivity index (χ1n) is 7.18. The van der Waals surface area contributed by atoms with Crippen LogP contribution in [0.25, 0.3) is 6.08 Å². The van der Waals surface area contributed by atoms with E-state index in [2.05, 4.69) is 4.98 Å². The van der Waals surface area contributed by atoms with Crippen molar-refractivity contribution in [2.75, 3.05) is 6.61 Å². The lowest BCUT2D eigenvalue weighted by molar-refractivity contribution is -0.387. The number of nitriles is 1. The van der Waals surface area contributed by atoms with Gasteiger partial charge in [0.1, 0.15) is 11.6 Å². The Morgan fingerprint density at radius 2 is 2.32 bits per heavy atom. The first-order valence-corrected chi connectivity index (χ1v) is 8.00. The minimum Gasteiger partial charge on any atom is -0.462 e. The van der Waals surface area contributed by atoms with Gasteiger partial charge < -0.3 is 9.30 Å². The van der Waals surface area contributed by atoms with Crippen LogP contribution < -0.4 is 0 Å². The van der Waals surface area contributed by atoms with Gasteiger partial charge in [-0.25, -0.2) is 9.78 Å². The molecule has 8 nitrogen and oxygen atoms in total. The Labute approximate surface area is 147 Å². The van der Waals surface area contributed by atoms with Gasteiger partial charge in [-0.3, -0.25) is 10.1 Å². The van der Waals surface area contributed by atoms with Gasteiger partial charge in [-0.1, -0.05) is 6.07 Å². The summed E-state index contributed by atoms with van der Waals surface area (Å²) in [5.74, 6) is -0.765. The zero-order valence-electron chi connectivity index (χ0n) is 13.5. The maximum Gasteiger partial charge on any atom is 0.348 e. The number of nitro groups is 1. The maximum absolute atomic E-state index is 11.7. The molecular formula is C16H14N4O4S. The van der Waals surface area contributed by atoms with E-state index in [9.17, 15) is 14.9 Å². The summed E-state index contributed by atoms with van der Waals surface area (Å²) < 4.78 is 6.52. The van der Waals surface area contributed by atoms with Gasteiger partial charge >= 0.3 is 5.97 Å². The molecule has 2 aromatic rings. The van der Waals surface area contributed by atoms with Crippen molar-refractivity contribution in [2.45, 2.75) is 17.0 Å². The molecule has 0 spiro atoms. The molecule has 0 saturated carbocycles. The van der Waals surface area contributed by atoms with Gasteiger partial charge in [0.2, 0.25) is 0 Å². The lowest BCUT2D eigenvalue weighted by atomic mass is 10.1. The number of nitrogens with zero attached hydrogens (tertiary/aromatic N) is 4. The summed E-state index contributed by atoms with van der Waals surface area (Å²) in [5.41, 5.74) is 0.00374. The molecule has 128 valence electrons. The zero-order valence-corrected chi connectivity index (χ0v) is 14.3. The standard InChI is InChI=1S/C16H14N4O4S/c1-3-24-15(21)12(10-17)8-11-4-5-14(13(9-11)20(22)23)25-16-18-6-7-19(16)2/h4-9H,3H2,1-2H3/b12-8+. The molecule has 1 aromatic carbocycles. The first-order chi connectivity index (χ1) is 12.0. The third-order valence-corrected chi connectivity index (χ3v) is 4.23. The maximum atomic E-state index is 11.7. The molecule has 9 heteroatoms. The third kappa shape index (κ3) is 4.45. The highest BCUT2D eigenvalue weighted by molar-refractivity contribution is 7.99. The Bertz CT molecular complexity index is 883. The van der Waals surface area contributed by atoms with Gasteiger partial charge in [0.25, 0.3) is 5.69 Å². The fourth-order valence-corrected chi connectivity index (χ4v) is 2.80. The number of aromatic nitrogens is 2. The Morgan fingerprint density at radius 3 is 2.88 bits per heavy atom. The van der Waals surface area contributed by atoms with Crippen LogP contribution in [0.4, 0.5) is 5.69 Å². The van der Waals surface area contributed by atoms with Crippen LogP contribution in [-0.4, -0.2) is 27.1 Å². The number of benzene rings is 1. The van der Waals surface area contributed by atoms with Gasteiger partial charge in [-0.05, 0) is 36.4 Å². The highest BCUT2D eigenvalue weighted by Gasteiger charge is 2.18. The Balaban J connectivity index is 2.39. The van der Waals surface area contributed by atoms with Gasteiger partial charge in [-0.15, -0.1) is 0 Å². The molecule has 0 amide bonds. The van der Waals surface area contributed by atoms with Crippen molar-refractivity contribution in [1.82, 2.24) is 9.55 Å². The number of imidazole rings is 1. The number of aryl methyl sites for hydroxylation is 1. The van der Waals surface area contributed by atoms with Crippen LogP contribution in [0.2, 0.25) is 0 Å². The summed E-state index contributed by atoms with van der Waals surface area (Å²) in [6.45, 7) is 1.76. The van der Waals surface area contributed by atoms with Gasteiger partial charge in [0.05, 0.1) is 16.4 Å². The number of hydrogen-bond donors (Lipinski definition) is 0. The molecule has 0 aliphatic heterocycles. The highest BCUT2D eigenvalue weighted by Crippen LogP contribution is 2.34. The van der Waals surface area contributed by atoms with Crippen LogP contribution >= 0.6 is 11.8 Å². The fraction of sp³-hybridized carbons (Fsp3) is 0.188. The second kappa shape index (κ2) is 8.12. The molecule has 0 atom stereocenters. The summed E-state index contributed by atoms with van der Waals surface area (Å²) in [5, 5.41) is 21.0. The van der Waals surface area contributed by atoms with Crippen molar-refractivity contribution < 1.29 is 14.5 Å². The van der Waals surface area contributed by atoms with Crippen LogP contribution in [0.1, 0.15) is 12.5 Å². The third-order valence-electron chi connectivity index (χ3n) is 3.08. The molecule has 25 heavy (non-hydrogen) atoms.